The van der Waals surface area contributed by atoms with Crippen molar-refractivity contribution in [2.75, 3.05) is 25.0 Å². The first-order chi connectivity index (χ1) is 12.6. The highest BCUT2D eigenvalue weighted by Gasteiger charge is 2.50. The molecular weight excluding hydrogens is 407 g/mol. The van der Waals surface area contributed by atoms with Gasteiger partial charge in [0.2, 0.25) is 10.1 Å². The van der Waals surface area contributed by atoms with Crippen LogP contribution >= 0.6 is 11.3 Å². The largest absolute Gasteiger partial charge is 0.511 e. The number of sulfonamides is 1. The van der Waals surface area contributed by atoms with Crippen molar-refractivity contribution in [2.24, 2.45) is 5.92 Å². The van der Waals surface area contributed by atoms with Gasteiger partial charge in [-0.3, -0.25) is 4.79 Å². The third-order valence-electron chi connectivity index (χ3n) is 4.41. The molecule has 0 atom stereocenters. The number of aromatic nitrogens is 3. The molecule has 1 aliphatic heterocycles. The lowest BCUT2D eigenvalue weighted by atomic mass is 9.98. The molecule has 13 heteroatoms. The number of nitrogens with zero attached hydrogens (tertiary/aromatic N) is 4. The number of nitrogens with one attached hydrogen (secondary N) is 1. The van der Waals surface area contributed by atoms with Crippen LogP contribution in [0.2, 0.25) is 0 Å². The monoisotopic (exact) mass is 425 g/mol. The topological polar surface area (TPSA) is 96.7 Å². The van der Waals surface area contributed by atoms with E-state index in [0.717, 1.165) is 0 Å². The third-order valence-corrected chi connectivity index (χ3v) is 6.90. The number of alkyl halides is 3. The maximum absolute atomic E-state index is 12.6. The Kier molecular flexibility index (Phi) is 5.45. The highest BCUT2D eigenvalue weighted by Crippen LogP contribution is 2.30. The zero-order chi connectivity index (χ0) is 19.8. The summed E-state index contributed by atoms with van der Waals surface area (Å²) in [6, 6.07) is 1.42. The van der Waals surface area contributed by atoms with Gasteiger partial charge in [0, 0.05) is 31.4 Å². The molecule has 0 saturated carbocycles. The molecule has 8 nitrogen and oxygen atoms in total. The van der Waals surface area contributed by atoms with Gasteiger partial charge in [0.1, 0.15) is 0 Å². The van der Waals surface area contributed by atoms with Gasteiger partial charge >= 0.3 is 15.5 Å². The van der Waals surface area contributed by atoms with Crippen molar-refractivity contribution < 1.29 is 21.6 Å². The Balaban J connectivity index is 1.60. The Morgan fingerprint density at radius 1 is 1.33 bits per heavy atom. The molecule has 1 fully saturated rings. The van der Waals surface area contributed by atoms with Gasteiger partial charge in [-0.15, -0.1) is 5.10 Å². The van der Waals surface area contributed by atoms with Crippen LogP contribution in [0.3, 0.4) is 0 Å². The van der Waals surface area contributed by atoms with Gasteiger partial charge in [-0.25, -0.2) is 13.4 Å². The van der Waals surface area contributed by atoms with E-state index in [0.29, 0.717) is 45.9 Å². The smallest absolute Gasteiger partial charge is 0.360 e. The number of halogens is 3. The average Bonchev–Trinajstić information content (AvgIpc) is 3.03. The molecule has 150 valence electrons. The van der Waals surface area contributed by atoms with Crippen LogP contribution in [0.25, 0.3) is 4.96 Å². The van der Waals surface area contributed by atoms with Crippen LogP contribution in [-0.2, 0) is 16.4 Å². The molecule has 0 radical (unpaired) electrons. The summed E-state index contributed by atoms with van der Waals surface area (Å²) in [4.78, 5) is 16.8. The van der Waals surface area contributed by atoms with Crippen molar-refractivity contribution in [2.45, 2.75) is 31.7 Å². The minimum Gasteiger partial charge on any atom is -0.360 e. The van der Waals surface area contributed by atoms with Gasteiger partial charge in [-0.1, -0.05) is 18.3 Å². The summed E-state index contributed by atoms with van der Waals surface area (Å²) in [6.07, 6.45) is 1.25. The summed E-state index contributed by atoms with van der Waals surface area (Å²) < 4.78 is 62.3. The quantitative estimate of drug-likeness (QED) is 0.783. The van der Waals surface area contributed by atoms with Crippen LogP contribution in [0, 0.1) is 5.92 Å². The Morgan fingerprint density at radius 3 is 2.59 bits per heavy atom. The van der Waals surface area contributed by atoms with E-state index in [1.165, 1.54) is 21.9 Å². The lowest BCUT2D eigenvalue weighted by Crippen LogP contribution is -2.45. The minimum absolute atomic E-state index is 0.00702. The summed E-state index contributed by atoms with van der Waals surface area (Å²) in [5.74, 6) is 0.00702. The second-order valence-electron chi connectivity index (χ2n) is 6.21. The molecule has 0 aromatic carbocycles. The first kappa shape index (κ1) is 20.0. The van der Waals surface area contributed by atoms with Crippen LogP contribution in [0.4, 0.5) is 18.3 Å². The number of rotatable bonds is 5. The maximum Gasteiger partial charge on any atom is 0.511 e. The molecule has 0 unspecified atom stereocenters. The molecule has 0 amide bonds. The van der Waals surface area contributed by atoms with E-state index in [4.69, 9.17) is 0 Å². The van der Waals surface area contributed by atoms with Gasteiger partial charge in [0.25, 0.3) is 5.56 Å². The second-order valence-corrected chi connectivity index (χ2v) is 9.10. The molecule has 27 heavy (non-hydrogen) atoms. The zero-order valence-corrected chi connectivity index (χ0v) is 16.0. The summed E-state index contributed by atoms with van der Waals surface area (Å²) in [5.41, 5.74) is -4.86. The predicted molar refractivity (Wildman–Crippen MR) is 94.3 cm³/mol. The molecule has 0 aliphatic carbocycles. The molecule has 0 bridgehead atoms. The first-order valence-electron chi connectivity index (χ1n) is 8.32. The SMILES string of the molecule is CCc1cc(=O)n2nc(NCC3CCN(S(=O)(=O)C(F)(F)F)CC3)sc2n1. The summed E-state index contributed by atoms with van der Waals surface area (Å²) >= 11 is 1.21. The molecule has 0 spiro atoms. The van der Waals surface area contributed by atoms with Crippen LogP contribution in [0.5, 0.6) is 0 Å². The van der Waals surface area contributed by atoms with Crippen molar-refractivity contribution in [1.82, 2.24) is 18.9 Å². The number of hydrogen-bond donors (Lipinski definition) is 1. The lowest BCUT2D eigenvalue weighted by Gasteiger charge is -2.31. The Hall–Kier alpha value is -1.73. The highest BCUT2D eigenvalue weighted by atomic mass is 32.2. The van der Waals surface area contributed by atoms with Crippen molar-refractivity contribution in [1.29, 1.82) is 0 Å². The van der Waals surface area contributed by atoms with Gasteiger partial charge in [-0.05, 0) is 25.2 Å². The summed E-state index contributed by atoms with van der Waals surface area (Å²) in [6.45, 7) is 1.97. The molecule has 1 aliphatic rings. The van der Waals surface area contributed by atoms with E-state index < -0.39 is 15.5 Å². The molecule has 3 rings (SSSR count). The minimum atomic E-state index is -5.27. The van der Waals surface area contributed by atoms with Gasteiger partial charge in [0.05, 0.1) is 0 Å². The highest BCUT2D eigenvalue weighted by molar-refractivity contribution is 7.90. The number of anilines is 1. The molecule has 2 aromatic heterocycles. The normalized spacial score (nSPS) is 17.5. The number of aryl methyl sites for hydroxylation is 1. The Bertz CT molecular complexity index is 978. The fraction of sp³-hybridized carbons (Fsp3) is 0.643. The Morgan fingerprint density at radius 2 is 2.00 bits per heavy atom. The van der Waals surface area contributed by atoms with Crippen molar-refractivity contribution in [3.63, 3.8) is 0 Å². The van der Waals surface area contributed by atoms with E-state index in [-0.39, 0.29) is 24.6 Å². The van der Waals surface area contributed by atoms with Gasteiger partial charge in [-0.2, -0.15) is 22.0 Å². The third kappa shape index (κ3) is 4.09. The summed E-state index contributed by atoms with van der Waals surface area (Å²) in [7, 11) is -5.26. The van der Waals surface area contributed by atoms with Crippen molar-refractivity contribution >= 4 is 31.5 Å². The lowest BCUT2D eigenvalue weighted by molar-refractivity contribution is -0.0496. The fourth-order valence-electron chi connectivity index (χ4n) is 2.84. The zero-order valence-electron chi connectivity index (χ0n) is 14.4. The van der Waals surface area contributed by atoms with Crippen molar-refractivity contribution in [3.8, 4) is 0 Å². The predicted octanol–water partition coefficient (Wildman–Crippen LogP) is 1.69. The van der Waals surface area contributed by atoms with E-state index >= 15 is 0 Å². The molecule has 3 heterocycles. The number of hydrogen-bond acceptors (Lipinski definition) is 7. The fourth-order valence-corrected chi connectivity index (χ4v) is 4.66. The molecule has 1 saturated heterocycles. The maximum atomic E-state index is 12.6. The van der Waals surface area contributed by atoms with Crippen molar-refractivity contribution in [3.05, 3.63) is 22.1 Å². The van der Waals surface area contributed by atoms with E-state index in [1.54, 1.807) is 0 Å². The Labute approximate surface area is 157 Å². The molecule has 2 aromatic rings. The number of piperidine rings is 1. The second kappa shape index (κ2) is 7.36. The number of fused-ring (bicyclic) bond motifs is 1. The van der Waals surface area contributed by atoms with E-state index in [1.807, 2.05) is 6.92 Å². The van der Waals surface area contributed by atoms with Crippen LogP contribution in [0.15, 0.2) is 10.9 Å². The molecule has 1 N–H and O–H groups in total. The van der Waals surface area contributed by atoms with E-state index in [2.05, 4.69) is 15.4 Å². The van der Waals surface area contributed by atoms with Gasteiger partial charge in [0.15, 0.2) is 0 Å². The standard InChI is InChI=1S/C14H18F3N5O3S2/c1-2-10-7-11(23)22-13(19-10)26-12(20-22)18-8-9-3-5-21(6-4-9)27(24,25)14(15,16)17/h7,9H,2-6,8H2,1H3,(H,18,20). The molecular formula is C14H18F3N5O3S2. The van der Waals surface area contributed by atoms with E-state index in [9.17, 15) is 26.4 Å². The average molecular weight is 425 g/mol. The van der Waals surface area contributed by atoms with Gasteiger partial charge < -0.3 is 5.32 Å². The van der Waals surface area contributed by atoms with Crippen LogP contribution in [0.1, 0.15) is 25.5 Å². The first-order valence-corrected chi connectivity index (χ1v) is 10.6. The van der Waals surface area contributed by atoms with Crippen LogP contribution in [-0.4, -0.2) is 52.5 Å². The van der Waals surface area contributed by atoms with Crippen LogP contribution < -0.4 is 10.9 Å². The summed E-state index contributed by atoms with van der Waals surface area (Å²) in [5, 5.41) is 7.71.